The van der Waals surface area contributed by atoms with Gasteiger partial charge in [-0.05, 0) is 18.6 Å². The molecule has 0 spiro atoms. The fraction of sp³-hybridized carbons (Fsp3) is 0.357. The highest BCUT2D eigenvalue weighted by atomic mass is 16.2. The summed E-state index contributed by atoms with van der Waals surface area (Å²) in [4.78, 5) is 27.7. The van der Waals surface area contributed by atoms with E-state index >= 15 is 0 Å². The number of hydrogen-bond acceptors (Lipinski definition) is 4. The summed E-state index contributed by atoms with van der Waals surface area (Å²) in [5.74, 6) is 0. The number of nitrogens with zero attached hydrogens (tertiary/aromatic N) is 3. The standard InChI is InChI=1S/C14H18N4O2/c1-10(11-5-4-6-15-7-11)16-8-12-9-17(2)14(20)18(3)13(12)19/h4-7,9-10,16H,8H2,1-3H3/t10-/m0/s1. The Morgan fingerprint density at radius 1 is 1.35 bits per heavy atom. The van der Waals surface area contributed by atoms with E-state index in [1.807, 2.05) is 19.1 Å². The van der Waals surface area contributed by atoms with E-state index in [0.717, 1.165) is 10.1 Å². The summed E-state index contributed by atoms with van der Waals surface area (Å²) in [6, 6.07) is 3.92. The number of pyridine rings is 1. The van der Waals surface area contributed by atoms with Crippen LogP contribution in [0.1, 0.15) is 24.1 Å². The molecule has 6 nitrogen and oxygen atoms in total. The van der Waals surface area contributed by atoms with Crippen LogP contribution >= 0.6 is 0 Å². The van der Waals surface area contributed by atoms with Gasteiger partial charge in [0.15, 0.2) is 0 Å². The second-order valence-corrected chi connectivity index (χ2v) is 4.80. The molecule has 0 saturated carbocycles. The summed E-state index contributed by atoms with van der Waals surface area (Å²) in [5, 5.41) is 3.26. The molecule has 2 aromatic rings. The minimum atomic E-state index is -0.320. The molecule has 2 heterocycles. The van der Waals surface area contributed by atoms with Crippen LogP contribution in [0.4, 0.5) is 0 Å². The Labute approximate surface area is 116 Å². The quantitative estimate of drug-likeness (QED) is 0.872. The minimum absolute atomic E-state index is 0.0747. The van der Waals surface area contributed by atoms with Crippen molar-refractivity contribution < 1.29 is 0 Å². The molecule has 0 unspecified atom stereocenters. The summed E-state index contributed by atoms with van der Waals surface area (Å²) in [5.41, 5.74) is 1.03. The lowest BCUT2D eigenvalue weighted by Crippen LogP contribution is -2.39. The van der Waals surface area contributed by atoms with Crippen molar-refractivity contribution in [2.75, 3.05) is 0 Å². The van der Waals surface area contributed by atoms with Crippen LogP contribution in [0.2, 0.25) is 0 Å². The first-order chi connectivity index (χ1) is 9.50. The lowest BCUT2D eigenvalue weighted by molar-refractivity contribution is 0.557. The van der Waals surface area contributed by atoms with Gasteiger partial charge in [-0.25, -0.2) is 4.79 Å². The van der Waals surface area contributed by atoms with Gasteiger partial charge in [-0.3, -0.25) is 14.3 Å². The van der Waals surface area contributed by atoms with Gasteiger partial charge in [-0.15, -0.1) is 0 Å². The lowest BCUT2D eigenvalue weighted by Gasteiger charge is -2.14. The third kappa shape index (κ3) is 2.85. The molecule has 1 atom stereocenters. The summed E-state index contributed by atoms with van der Waals surface area (Å²) in [6.45, 7) is 2.40. The lowest BCUT2D eigenvalue weighted by atomic mass is 10.1. The third-order valence-electron chi connectivity index (χ3n) is 3.30. The Kier molecular flexibility index (Phi) is 4.14. The summed E-state index contributed by atoms with van der Waals surface area (Å²) in [7, 11) is 3.12. The zero-order chi connectivity index (χ0) is 14.7. The molecule has 20 heavy (non-hydrogen) atoms. The van der Waals surface area contributed by atoms with Crippen molar-refractivity contribution in [3.05, 3.63) is 62.7 Å². The molecular weight excluding hydrogens is 256 g/mol. The van der Waals surface area contributed by atoms with Crippen LogP contribution in [0.3, 0.4) is 0 Å². The van der Waals surface area contributed by atoms with Crippen LogP contribution in [0.15, 0.2) is 40.3 Å². The van der Waals surface area contributed by atoms with E-state index in [1.165, 1.54) is 11.6 Å². The van der Waals surface area contributed by atoms with Gasteiger partial charge in [-0.1, -0.05) is 6.07 Å². The van der Waals surface area contributed by atoms with E-state index in [4.69, 9.17) is 0 Å². The SMILES string of the molecule is C[C@H](NCc1cn(C)c(=O)n(C)c1=O)c1cccnc1. The number of aromatic nitrogens is 3. The summed E-state index contributed by atoms with van der Waals surface area (Å²) >= 11 is 0. The van der Waals surface area contributed by atoms with E-state index in [0.29, 0.717) is 12.1 Å². The highest BCUT2D eigenvalue weighted by Gasteiger charge is 2.09. The van der Waals surface area contributed by atoms with Gasteiger partial charge < -0.3 is 9.88 Å². The maximum absolute atomic E-state index is 12.0. The average molecular weight is 274 g/mol. The molecule has 0 saturated heterocycles. The van der Waals surface area contributed by atoms with Crippen molar-refractivity contribution in [3.63, 3.8) is 0 Å². The van der Waals surface area contributed by atoms with E-state index in [-0.39, 0.29) is 17.3 Å². The molecule has 0 radical (unpaired) electrons. The van der Waals surface area contributed by atoms with Crippen molar-refractivity contribution >= 4 is 0 Å². The Balaban J connectivity index is 2.16. The predicted molar refractivity (Wildman–Crippen MR) is 76.4 cm³/mol. The first kappa shape index (κ1) is 14.2. The largest absolute Gasteiger partial charge is 0.330 e. The molecule has 0 aromatic carbocycles. The van der Waals surface area contributed by atoms with Crippen LogP contribution in [-0.2, 0) is 20.6 Å². The van der Waals surface area contributed by atoms with Crippen LogP contribution in [0, 0.1) is 0 Å². The Bertz CT molecular complexity index is 703. The maximum Gasteiger partial charge on any atom is 0.330 e. The minimum Gasteiger partial charge on any atom is -0.306 e. The van der Waals surface area contributed by atoms with Gasteiger partial charge in [0.05, 0.1) is 0 Å². The molecular formula is C14H18N4O2. The fourth-order valence-corrected chi connectivity index (χ4v) is 2.02. The summed E-state index contributed by atoms with van der Waals surface area (Å²) < 4.78 is 2.53. The van der Waals surface area contributed by atoms with E-state index < -0.39 is 0 Å². The predicted octanol–water partition coefficient (Wildman–Crippen LogP) is 0.330. The molecule has 1 N–H and O–H groups in total. The normalized spacial score (nSPS) is 12.3. The molecule has 0 aliphatic carbocycles. The monoisotopic (exact) mass is 274 g/mol. The van der Waals surface area contributed by atoms with Gasteiger partial charge in [-0.2, -0.15) is 0 Å². The van der Waals surface area contributed by atoms with E-state index in [9.17, 15) is 9.59 Å². The third-order valence-corrected chi connectivity index (χ3v) is 3.30. The van der Waals surface area contributed by atoms with Gasteiger partial charge >= 0.3 is 5.69 Å². The molecule has 6 heteroatoms. The van der Waals surface area contributed by atoms with Crippen molar-refractivity contribution in [2.24, 2.45) is 14.1 Å². The van der Waals surface area contributed by atoms with Crippen molar-refractivity contribution in [3.8, 4) is 0 Å². The Morgan fingerprint density at radius 3 is 2.75 bits per heavy atom. The Morgan fingerprint density at radius 2 is 2.10 bits per heavy atom. The van der Waals surface area contributed by atoms with Crippen molar-refractivity contribution in [2.45, 2.75) is 19.5 Å². The van der Waals surface area contributed by atoms with Crippen LogP contribution in [-0.4, -0.2) is 14.1 Å². The first-order valence-corrected chi connectivity index (χ1v) is 6.39. The number of nitrogens with one attached hydrogen (secondary N) is 1. The molecule has 0 aliphatic heterocycles. The van der Waals surface area contributed by atoms with Crippen molar-refractivity contribution in [1.29, 1.82) is 0 Å². The molecule has 0 amide bonds. The maximum atomic E-state index is 12.0. The molecule has 0 bridgehead atoms. The molecule has 106 valence electrons. The highest BCUT2D eigenvalue weighted by Crippen LogP contribution is 2.09. The Hall–Kier alpha value is -2.21. The number of rotatable bonds is 4. The fourth-order valence-electron chi connectivity index (χ4n) is 2.02. The number of aryl methyl sites for hydroxylation is 1. The molecule has 0 aliphatic rings. The first-order valence-electron chi connectivity index (χ1n) is 6.39. The van der Waals surface area contributed by atoms with Gasteiger partial charge in [0, 0.05) is 50.8 Å². The topological polar surface area (TPSA) is 68.9 Å². The molecule has 2 rings (SSSR count). The second kappa shape index (κ2) is 5.83. The zero-order valence-corrected chi connectivity index (χ0v) is 11.8. The van der Waals surface area contributed by atoms with Gasteiger partial charge in [0.1, 0.15) is 0 Å². The second-order valence-electron chi connectivity index (χ2n) is 4.80. The van der Waals surface area contributed by atoms with Crippen molar-refractivity contribution in [1.82, 2.24) is 19.4 Å². The molecule has 0 fully saturated rings. The smallest absolute Gasteiger partial charge is 0.306 e. The van der Waals surface area contributed by atoms with Crippen LogP contribution in [0.5, 0.6) is 0 Å². The van der Waals surface area contributed by atoms with E-state index in [1.54, 1.807) is 25.6 Å². The zero-order valence-electron chi connectivity index (χ0n) is 11.8. The summed E-state index contributed by atoms with van der Waals surface area (Å²) in [6.07, 6.45) is 5.09. The molecule has 2 aromatic heterocycles. The van der Waals surface area contributed by atoms with Crippen LogP contribution in [0.25, 0.3) is 0 Å². The van der Waals surface area contributed by atoms with Gasteiger partial charge in [0.2, 0.25) is 0 Å². The van der Waals surface area contributed by atoms with E-state index in [2.05, 4.69) is 10.3 Å². The van der Waals surface area contributed by atoms with Gasteiger partial charge in [0.25, 0.3) is 5.56 Å². The van der Waals surface area contributed by atoms with Crippen LogP contribution < -0.4 is 16.6 Å². The highest BCUT2D eigenvalue weighted by molar-refractivity contribution is 5.13. The number of hydrogen-bond donors (Lipinski definition) is 1. The average Bonchev–Trinajstić information content (AvgIpc) is 2.48.